The van der Waals surface area contributed by atoms with Crippen molar-refractivity contribution in [2.24, 2.45) is 0 Å². The molecule has 0 aliphatic heterocycles. The smallest absolute Gasteiger partial charge is 0.321 e. The minimum atomic E-state index is -3.51. The van der Waals surface area contributed by atoms with E-state index < -0.39 is 21.6 Å². The number of ketones is 1. The maximum Gasteiger partial charge on any atom is 0.321 e. The van der Waals surface area contributed by atoms with E-state index in [4.69, 9.17) is 0 Å². The zero-order valence-corrected chi connectivity index (χ0v) is 12.2. The molecule has 0 saturated carbocycles. The van der Waals surface area contributed by atoms with Gasteiger partial charge in [-0.1, -0.05) is 30.3 Å². The number of ether oxygens (including phenoxy) is 1. The second-order valence-electron chi connectivity index (χ2n) is 4.29. The summed E-state index contributed by atoms with van der Waals surface area (Å²) < 4.78 is 27.8. The summed E-state index contributed by atoms with van der Waals surface area (Å²) in [5, 5.41) is 0. The zero-order chi connectivity index (χ0) is 15.0. The Bertz CT molecular complexity index is 548. The van der Waals surface area contributed by atoms with Crippen molar-refractivity contribution in [2.45, 2.75) is 19.8 Å². The van der Waals surface area contributed by atoms with Crippen LogP contribution in [0.15, 0.2) is 30.3 Å². The lowest BCUT2D eigenvalue weighted by Gasteiger charge is -2.04. The lowest BCUT2D eigenvalue weighted by atomic mass is 10.1. The first-order valence-electron chi connectivity index (χ1n) is 6.39. The highest BCUT2D eigenvalue weighted by Gasteiger charge is 2.18. The van der Waals surface area contributed by atoms with Crippen molar-refractivity contribution < 1.29 is 22.7 Å². The highest BCUT2D eigenvalue weighted by atomic mass is 32.2. The number of sulfone groups is 1. The fourth-order valence-corrected chi connectivity index (χ4v) is 2.85. The van der Waals surface area contributed by atoms with Gasteiger partial charge in [0.2, 0.25) is 0 Å². The van der Waals surface area contributed by atoms with Crippen molar-refractivity contribution >= 4 is 21.6 Å². The molecule has 1 aromatic rings. The van der Waals surface area contributed by atoms with E-state index in [1.54, 1.807) is 37.3 Å². The van der Waals surface area contributed by atoms with Gasteiger partial charge in [-0.05, 0) is 13.3 Å². The highest BCUT2D eigenvalue weighted by Crippen LogP contribution is 2.07. The number of carbonyl (C=O) groups excluding carboxylic acids is 2. The van der Waals surface area contributed by atoms with Gasteiger partial charge >= 0.3 is 5.97 Å². The molecule has 0 amide bonds. The molecular weight excluding hydrogens is 280 g/mol. The van der Waals surface area contributed by atoms with Gasteiger partial charge in [-0.15, -0.1) is 0 Å². The van der Waals surface area contributed by atoms with Crippen molar-refractivity contribution in [2.75, 3.05) is 18.1 Å². The van der Waals surface area contributed by atoms with Crippen molar-refractivity contribution in [3.63, 3.8) is 0 Å². The van der Waals surface area contributed by atoms with Crippen LogP contribution in [-0.4, -0.2) is 38.3 Å². The molecule has 0 radical (unpaired) electrons. The Labute approximate surface area is 118 Å². The van der Waals surface area contributed by atoms with E-state index in [-0.39, 0.29) is 31.0 Å². The summed E-state index contributed by atoms with van der Waals surface area (Å²) in [6.07, 6.45) is 0.349. The molecule has 0 atom stereocenters. The fraction of sp³-hybridized carbons (Fsp3) is 0.429. The quantitative estimate of drug-likeness (QED) is 0.538. The molecule has 0 heterocycles. The van der Waals surface area contributed by atoms with Crippen LogP contribution in [0.2, 0.25) is 0 Å². The van der Waals surface area contributed by atoms with Gasteiger partial charge in [0, 0.05) is 12.0 Å². The number of hydrogen-bond acceptors (Lipinski definition) is 5. The normalized spacial score (nSPS) is 11.1. The van der Waals surface area contributed by atoms with Crippen molar-refractivity contribution in [3.05, 3.63) is 35.9 Å². The predicted octanol–water partition coefficient (Wildman–Crippen LogP) is 1.63. The molecule has 0 aromatic heterocycles. The molecule has 110 valence electrons. The van der Waals surface area contributed by atoms with Gasteiger partial charge in [-0.2, -0.15) is 0 Å². The van der Waals surface area contributed by atoms with E-state index in [0.717, 1.165) is 0 Å². The molecule has 6 heteroatoms. The SMILES string of the molecule is CCOC(=O)CS(=O)(=O)CCCC(=O)c1ccccc1. The average molecular weight is 298 g/mol. The third kappa shape index (κ3) is 5.97. The Balaban J connectivity index is 2.40. The summed E-state index contributed by atoms with van der Waals surface area (Å²) in [5.74, 6) is -1.66. The third-order valence-electron chi connectivity index (χ3n) is 2.60. The molecule has 0 bridgehead atoms. The van der Waals surface area contributed by atoms with Crippen LogP contribution in [0.1, 0.15) is 30.1 Å². The number of Topliss-reactive ketones (excluding diaryl/α,β-unsaturated/α-hetero) is 1. The van der Waals surface area contributed by atoms with Gasteiger partial charge in [-0.25, -0.2) is 8.42 Å². The van der Waals surface area contributed by atoms with Crippen LogP contribution < -0.4 is 0 Å². The topological polar surface area (TPSA) is 77.5 Å². The van der Waals surface area contributed by atoms with Crippen LogP contribution >= 0.6 is 0 Å². The maximum atomic E-state index is 11.8. The van der Waals surface area contributed by atoms with E-state index in [1.807, 2.05) is 0 Å². The minimum Gasteiger partial charge on any atom is -0.465 e. The van der Waals surface area contributed by atoms with Crippen LogP contribution in [0, 0.1) is 0 Å². The first-order chi connectivity index (χ1) is 9.44. The number of hydrogen-bond donors (Lipinski definition) is 0. The predicted molar refractivity (Wildman–Crippen MR) is 75.3 cm³/mol. The monoisotopic (exact) mass is 298 g/mol. The van der Waals surface area contributed by atoms with Crippen LogP contribution in [0.3, 0.4) is 0 Å². The first-order valence-corrected chi connectivity index (χ1v) is 8.21. The van der Waals surface area contributed by atoms with Crippen molar-refractivity contribution in [3.8, 4) is 0 Å². The zero-order valence-electron chi connectivity index (χ0n) is 11.4. The van der Waals surface area contributed by atoms with Crippen LogP contribution in [0.5, 0.6) is 0 Å². The molecule has 1 rings (SSSR count). The molecule has 0 aliphatic carbocycles. The molecule has 0 saturated heterocycles. The summed E-state index contributed by atoms with van der Waals surface area (Å²) in [6.45, 7) is 1.77. The van der Waals surface area contributed by atoms with Gasteiger partial charge in [0.25, 0.3) is 0 Å². The molecule has 0 aliphatic rings. The van der Waals surface area contributed by atoms with Gasteiger partial charge in [0.15, 0.2) is 15.6 Å². The first kappa shape index (κ1) is 16.4. The standard InChI is InChI=1S/C14H18O5S/c1-2-19-14(16)11-20(17,18)10-6-9-13(15)12-7-4-3-5-8-12/h3-5,7-8H,2,6,9-11H2,1H3. The molecule has 0 N–H and O–H groups in total. The molecule has 0 unspecified atom stereocenters. The van der Waals surface area contributed by atoms with Gasteiger partial charge in [0.05, 0.1) is 12.4 Å². The molecule has 5 nitrogen and oxygen atoms in total. The molecular formula is C14H18O5S. The Morgan fingerprint density at radius 1 is 1.15 bits per heavy atom. The Hall–Kier alpha value is -1.69. The summed E-state index contributed by atoms with van der Waals surface area (Å²) in [4.78, 5) is 22.9. The number of esters is 1. The fourth-order valence-electron chi connectivity index (χ4n) is 1.68. The second-order valence-corrected chi connectivity index (χ2v) is 6.47. The van der Waals surface area contributed by atoms with E-state index in [2.05, 4.69) is 4.74 Å². The van der Waals surface area contributed by atoms with Gasteiger partial charge < -0.3 is 4.74 Å². The average Bonchev–Trinajstić information content (AvgIpc) is 2.39. The lowest BCUT2D eigenvalue weighted by molar-refractivity contribution is -0.139. The van der Waals surface area contributed by atoms with Gasteiger partial charge in [0.1, 0.15) is 5.75 Å². The number of rotatable bonds is 8. The van der Waals surface area contributed by atoms with E-state index in [1.165, 1.54) is 0 Å². The third-order valence-corrected chi connectivity index (χ3v) is 4.18. The molecule has 1 aromatic carbocycles. The number of benzene rings is 1. The lowest BCUT2D eigenvalue weighted by Crippen LogP contribution is -2.21. The maximum absolute atomic E-state index is 11.8. The van der Waals surface area contributed by atoms with Crippen molar-refractivity contribution in [1.29, 1.82) is 0 Å². The van der Waals surface area contributed by atoms with E-state index in [0.29, 0.717) is 5.56 Å². The summed E-state index contributed by atoms with van der Waals surface area (Å²) in [7, 11) is -3.51. The van der Waals surface area contributed by atoms with E-state index in [9.17, 15) is 18.0 Å². The van der Waals surface area contributed by atoms with Crippen molar-refractivity contribution in [1.82, 2.24) is 0 Å². The summed E-state index contributed by atoms with van der Waals surface area (Å²) in [5.41, 5.74) is 0.565. The largest absolute Gasteiger partial charge is 0.465 e. The highest BCUT2D eigenvalue weighted by molar-refractivity contribution is 7.92. The molecule has 20 heavy (non-hydrogen) atoms. The Morgan fingerprint density at radius 3 is 2.40 bits per heavy atom. The van der Waals surface area contributed by atoms with E-state index >= 15 is 0 Å². The Morgan fingerprint density at radius 2 is 1.80 bits per heavy atom. The molecule has 0 fully saturated rings. The Kier molecular flexibility index (Phi) is 6.38. The summed E-state index contributed by atoms with van der Waals surface area (Å²) >= 11 is 0. The van der Waals surface area contributed by atoms with Gasteiger partial charge in [-0.3, -0.25) is 9.59 Å². The summed E-state index contributed by atoms with van der Waals surface area (Å²) in [6, 6.07) is 8.70. The van der Waals surface area contributed by atoms with Crippen LogP contribution in [-0.2, 0) is 19.4 Å². The van der Waals surface area contributed by atoms with Crippen LogP contribution in [0.25, 0.3) is 0 Å². The second kappa shape index (κ2) is 7.79. The molecule has 0 spiro atoms. The van der Waals surface area contributed by atoms with Crippen LogP contribution in [0.4, 0.5) is 0 Å². The minimum absolute atomic E-state index is 0.100. The number of carbonyl (C=O) groups is 2.